The third kappa shape index (κ3) is 2.87. The first-order chi connectivity index (χ1) is 9.36. The van der Waals surface area contributed by atoms with Gasteiger partial charge in [0.15, 0.2) is 0 Å². The van der Waals surface area contributed by atoms with Gasteiger partial charge in [0.25, 0.3) is 0 Å². The quantitative estimate of drug-likeness (QED) is 0.857. The Bertz CT molecular complexity index is 509. The van der Waals surface area contributed by atoms with Gasteiger partial charge in [-0.15, -0.1) is 0 Å². The van der Waals surface area contributed by atoms with Gasteiger partial charge in [-0.1, -0.05) is 18.5 Å². The van der Waals surface area contributed by atoms with Crippen LogP contribution in [0.4, 0.5) is 0 Å². The number of nitrogens with zero attached hydrogens (tertiary/aromatic N) is 3. The zero-order valence-electron chi connectivity index (χ0n) is 11.2. The van der Waals surface area contributed by atoms with Crippen molar-refractivity contribution >= 4 is 11.3 Å². The normalized spacial score (nSPS) is 20.8. The number of piperidine rings is 1. The maximum absolute atomic E-state index is 5.39. The van der Waals surface area contributed by atoms with Crippen LogP contribution < -0.4 is 0 Å². The Morgan fingerprint density at radius 3 is 3.21 bits per heavy atom. The first kappa shape index (κ1) is 12.8. The minimum Gasteiger partial charge on any atom is -0.338 e. The van der Waals surface area contributed by atoms with Crippen LogP contribution in [0.1, 0.15) is 38.5 Å². The summed E-state index contributed by atoms with van der Waals surface area (Å²) in [4.78, 5) is 6.98. The monoisotopic (exact) mass is 277 g/mol. The first-order valence-electron chi connectivity index (χ1n) is 6.96. The van der Waals surface area contributed by atoms with Crippen LogP contribution in [0.2, 0.25) is 0 Å². The van der Waals surface area contributed by atoms with Gasteiger partial charge in [-0.05, 0) is 37.3 Å². The van der Waals surface area contributed by atoms with Gasteiger partial charge < -0.3 is 4.52 Å². The second-order valence-corrected chi connectivity index (χ2v) is 5.83. The Labute approximate surface area is 117 Å². The van der Waals surface area contributed by atoms with Gasteiger partial charge in [-0.2, -0.15) is 16.3 Å². The molecule has 5 heteroatoms. The zero-order chi connectivity index (χ0) is 13.1. The van der Waals surface area contributed by atoms with Crippen molar-refractivity contribution < 1.29 is 4.52 Å². The molecule has 19 heavy (non-hydrogen) atoms. The van der Waals surface area contributed by atoms with Gasteiger partial charge in [-0.3, -0.25) is 4.90 Å². The van der Waals surface area contributed by atoms with Crippen molar-refractivity contribution in [2.75, 3.05) is 6.54 Å². The second kappa shape index (κ2) is 5.84. The molecular weight excluding hydrogens is 258 g/mol. The van der Waals surface area contributed by atoms with Crippen LogP contribution in [-0.2, 0) is 6.54 Å². The highest BCUT2D eigenvalue weighted by molar-refractivity contribution is 7.08. The van der Waals surface area contributed by atoms with Gasteiger partial charge in [-0.25, -0.2) is 0 Å². The summed E-state index contributed by atoms with van der Waals surface area (Å²) in [6.45, 7) is 4.19. The van der Waals surface area contributed by atoms with E-state index in [0.29, 0.717) is 11.9 Å². The molecule has 1 aliphatic heterocycles. The summed E-state index contributed by atoms with van der Waals surface area (Å²) in [7, 11) is 0. The van der Waals surface area contributed by atoms with Crippen molar-refractivity contribution in [2.45, 2.75) is 45.2 Å². The van der Waals surface area contributed by atoms with Crippen LogP contribution in [0.25, 0.3) is 11.4 Å². The van der Waals surface area contributed by atoms with Crippen molar-refractivity contribution in [1.29, 1.82) is 0 Å². The highest BCUT2D eigenvalue weighted by atomic mass is 32.1. The van der Waals surface area contributed by atoms with Crippen molar-refractivity contribution in [2.24, 2.45) is 0 Å². The van der Waals surface area contributed by atoms with Crippen molar-refractivity contribution in [3.63, 3.8) is 0 Å². The van der Waals surface area contributed by atoms with E-state index in [1.807, 2.05) is 16.8 Å². The molecule has 2 aromatic rings. The van der Waals surface area contributed by atoms with Gasteiger partial charge >= 0.3 is 0 Å². The smallest absolute Gasteiger partial charge is 0.241 e. The fourth-order valence-electron chi connectivity index (χ4n) is 2.73. The Morgan fingerprint density at radius 2 is 2.42 bits per heavy atom. The molecule has 0 saturated carbocycles. The van der Waals surface area contributed by atoms with Crippen LogP contribution in [0.5, 0.6) is 0 Å². The van der Waals surface area contributed by atoms with Crippen LogP contribution in [0.15, 0.2) is 21.3 Å². The van der Waals surface area contributed by atoms with Crippen LogP contribution >= 0.6 is 11.3 Å². The number of hydrogen-bond acceptors (Lipinski definition) is 5. The molecule has 1 fully saturated rings. The molecule has 0 N–H and O–H groups in total. The zero-order valence-corrected chi connectivity index (χ0v) is 12.0. The molecule has 4 nitrogen and oxygen atoms in total. The van der Waals surface area contributed by atoms with Crippen molar-refractivity contribution in [1.82, 2.24) is 15.0 Å². The summed E-state index contributed by atoms with van der Waals surface area (Å²) >= 11 is 1.65. The van der Waals surface area contributed by atoms with E-state index in [-0.39, 0.29) is 0 Å². The summed E-state index contributed by atoms with van der Waals surface area (Å²) in [6, 6.07) is 2.69. The highest BCUT2D eigenvalue weighted by Gasteiger charge is 2.22. The highest BCUT2D eigenvalue weighted by Crippen LogP contribution is 2.23. The van der Waals surface area contributed by atoms with E-state index in [1.54, 1.807) is 11.3 Å². The van der Waals surface area contributed by atoms with E-state index in [9.17, 15) is 0 Å². The largest absolute Gasteiger partial charge is 0.338 e. The molecule has 3 heterocycles. The standard InChI is InChI=1S/C14H19N3OS/c1-2-12-5-3-4-7-17(12)9-13-15-14(16-18-13)11-6-8-19-10-11/h6,8,10,12H,2-5,7,9H2,1H3. The summed E-state index contributed by atoms with van der Waals surface area (Å²) in [5.41, 5.74) is 1.05. The predicted molar refractivity (Wildman–Crippen MR) is 76.0 cm³/mol. The van der Waals surface area contributed by atoms with E-state index in [1.165, 1.54) is 25.7 Å². The minimum absolute atomic E-state index is 0.672. The number of likely N-dealkylation sites (tertiary alicyclic amines) is 1. The van der Waals surface area contributed by atoms with Crippen molar-refractivity contribution in [3.8, 4) is 11.4 Å². The van der Waals surface area contributed by atoms with Crippen LogP contribution in [0, 0.1) is 0 Å². The molecular formula is C14H19N3OS. The van der Waals surface area contributed by atoms with Crippen LogP contribution in [0.3, 0.4) is 0 Å². The number of aromatic nitrogens is 2. The maximum Gasteiger partial charge on any atom is 0.241 e. The average Bonchev–Trinajstić information content (AvgIpc) is 3.09. The summed E-state index contributed by atoms with van der Waals surface area (Å²) < 4.78 is 5.39. The number of thiophene rings is 1. The first-order valence-corrected chi connectivity index (χ1v) is 7.90. The van der Waals surface area contributed by atoms with E-state index in [4.69, 9.17) is 4.52 Å². The topological polar surface area (TPSA) is 42.2 Å². The van der Waals surface area contributed by atoms with E-state index >= 15 is 0 Å². The molecule has 0 spiro atoms. The third-order valence-corrected chi connectivity index (χ3v) is 4.49. The molecule has 102 valence electrons. The number of rotatable bonds is 4. The van der Waals surface area contributed by atoms with Crippen molar-refractivity contribution in [3.05, 3.63) is 22.7 Å². The lowest BCUT2D eigenvalue weighted by molar-refractivity contribution is 0.120. The maximum atomic E-state index is 5.39. The molecule has 1 atom stereocenters. The molecule has 0 radical (unpaired) electrons. The van der Waals surface area contributed by atoms with Gasteiger partial charge in [0.1, 0.15) is 0 Å². The predicted octanol–water partition coefficient (Wildman–Crippen LogP) is 3.56. The second-order valence-electron chi connectivity index (χ2n) is 5.05. The SMILES string of the molecule is CCC1CCCCN1Cc1nc(-c2ccsc2)no1. The summed E-state index contributed by atoms with van der Waals surface area (Å²) in [5, 5.41) is 8.15. The lowest BCUT2D eigenvalue weighted by atomic mass is 10.0. The lowest BCUT2D eigenvalue weighted by Gasteiger charge is -2.33. The minimum atomic E-state index is 0.672. The average molecular weight is 277 g/mol. The van der Waals surface area contributed by atoms with Gasteiger partial charge in [0.05, 0.1) is 6.54 Å². The van der Waals surface area contributed by atoms with E-state index in [0.717, 1.165) is 24.5 Å². The van der Waals surface area contributed by atoms with Crippen LogP contribution in [-0.4, -0.2) is 27.6 Å². The molecule has 3 rings (SSSR count). The Hall–Kier alpha value is -1.20. The molecule has 1 unspecified atom stereocenters. The Morgan fingerprint density at radius 1 is 1.47 bits per heavy atom. The molecule has 1 aliphatic rings. The van der Waals surface area contributed by atoms with Gasteiger partial charge in [0.2, 0.25) is 11.7 Å². The molecule has 0 aromatic carbocycles. The molecule has 0 bridgehead atoms. The molecule has 1 saturated heterocycles. The van der Waals surface area contributed by atoms with E-state index in [2.05, 4.69) is 22.0 Å². The molecule has 0 amide bonds. The van der Waals surface area contributed by atoms with E-state index < -0.39 is 0 Å². The molecule has 2 aromatic heterocycles. The fourth-order valence-corrected chi connectivity index (χ4v) is 3.37. The Balaban J connectivity index is 1.69. The third-order valence-electron chi connectivity index (χ3n) is 3.81. The summed E-state index contributed by atoms with van der Waals surface area (Å²) in [5.74, 6) is 1.45. The molecule has 0 aliphatic carbocycles. The summed E-state index contributed by atoms with van der Waals surface area (Å²) in [6.07, 6.45) is 5.12. The lowest BCUT2D eigenvalue weighted by Crippen LogP contribution is -2.38. The van der Waals surface area contributed by atoms with Gasteiger partial charge in [0, 0.05) is 17.0 Å². The number of hydrogen-bond donors (Lipinski definition) is 0. The Kier molecular flexibility index (Phi) is 3.94. The fraction of sp³-hybridized carbons (Fsp3) is 0.571.